The van der Waals surface area contributed by atoms with E-state index in [4.69, 9.17) is 14.2 Å². The van der Waals surface area contributed by atoms with Crippen molar-refractivity contribution in [1.82, 2.24) is 10.2 Å². The molecule has 32 heavy (non-hydrogen) atoms. The van der Waals surface area contributed by atoms with Gasteiger partial charge in [0.05, 0.1) is 27.4 Å². The lowest BCUT2D eigenvalue weighted by Gasteiger charge is -2.36. The Morgan fingerprint density at radius 2 is 1.44 bits per heavy atom. The van der Waals surface area contributed by atoms with Crippen LogP contribution in [0.5, 0.6) is 23.0 Å². The first kappa shape index (κ1) is 28.0. The van der Waals surface area contributed by atoms with Crippen LogP contribution < -0.4 is 24.3 Å². The standard InChI is InChI=1S/C21H25F3N2O4.2ClH/c1-27-17-9-8-16(19(28-2)20(17)29-3)18(26-12-10-25-11-13-26)14-4-6-15(7-5-14)30-21(22,23)24;;/h4-9,18,25H,10-13H2,1-3H3;2*1H/t18-;;/m1../s1. The maximum absolute atomic E-state index is 12.5. The molecule has 0 saturated carbocycles. The van der Waals surface area contributed by atoms with Crippen LogP contribution in [-0.4, -0.2) is 58.8 Å². The number of hydrogen-bond donors (Lipinski definition) is 1. The summed E-state index contributed by atoms with van der Waals surface area (Å²) >= 11 is 0. The summed E-state index contributed by atoms with van der Waals surface area (Å²) in [4.78, 5) is 2.25. The van der Waals surface area contributed by atoms with Crippen molar-refractivity contribution in [3.63, 3.8) is 0 Å². The Morgan fingerprint density at radius 3 is 1.94 bits per heavy atom. The highest BCUT2D eigenvalue weighted by Crippen LogP contribution is 2.45. The third-order valence-electron chi connectivity index (χ3n) is 4.98. The fourth-order valence-electron chi connectivity index (χ4n) is 3.72. The molecule has 1 aliphatic heterocycles. The van der Waals surface area contributed by atoms with Gasteiger partial charge in [0.2, 0.25) is 5.75 Å². The van der Waals surface area contributed by atoms with Crippen LogP contribution in [0.2, 0.25) is 0 Å². The number of piperazine rings is 1. The predicted octanol–water partition coefficient (Wildman–Crippen LogP) is 4.45. The number of alkyl halides is 3. The van der Waals surface area contributed by atoms with E-state index in [2.05, 4.69) is 15.0 Å². The van der Waals surface area contributed by atoms with Crippen molar-refractivity contribution >= 4 is 24.8 Å². The van der Waals surface area contributed by atoms with Crippen molar-refractivity contribution in [3.8, 4) is 23.0 Å². The van der Waals surface area contributed by atoms with Gasteiger partial charge in [0.25, 0.3) is 0 Å². The van der Waals surface area contributed by atoms with Gasteiger partial charge >= 0.3 is 6.36 Å². The zero-order chi connectivity index (χ0) is 21.7. The first-order valence-corrected chi connectivity index (χ1v) is 9.47. The van der Waals surface area contributed by atoms with Gasteiger partial charge in [-0.05, 0) is 29.8 Å². The zero-order valence-electron chi connectivity index (χ0n) is 17.9. The minimum atomic E-state index is -4.73. The maximum atomic E-state index is 12.5. The topological polar surface area (TPSA) is 52.2 Å². The minimum Gasteiger partial charge on any atom is -0.493 e. The van der Waals surface area contributed by atoms with Crippen LogP contribution in [0, 0.1) is 0 Å². The van der Waals surface area contributed by atoms with Crippen molar-refractivity contribution in [2.24, 2.45) is 0 Å². The molecule has 1 heterocycles. The Bertz CT molecular complexity index is 848. The van der Waals surface area contributed by atoms with Gasteiger partial charge in [-0.2, -0.15) is 0 Å². The van der Waals surface area contributed by atoms with Crippen molar-refractivity contribution in [2.75, 3.05) is 47.5 Å². The molecule has 0 spiro atoms. The summed E-state index contributed by atoms with van der Waals surface area (Å²) in [6, 6.07) is 9.38. The van der Waals surface area contributed by atoms with E-state index in [9.17, 15) is 13.2 Å². The summed E-state index contributed by atoms with van der Waals surface area (Å²) in [6.07, 6.45) is -4.73. The van der Waals surface area contributed by atoms with Gasteiger partial charge in [0.1, 0.15) is 5.75 Å². The van der Waals surface area contributed by atoms with Crippen LogP contribution in [-0.2, 0) is 0 Å². The molecule has 0 amide bonds. The number of nitrogens with zero attached hydrogens (tertiary/aromatic N) is 1. The van der Waals surface area contributed by atoms with Crippen LogP contribution in [0.1, 0.15) is 17.2 Å². The molecule has 6 nitrogen and oxygen atoms in total. The predicted molar refractivity (Wildman–Crippen MR) is 120 cm³/mol. The van der Waals surface area contributed by atoms with E-state index < -0.39 is 6.36 Å². The van der Waals surface area contributed by atoms with E-state index >= 15 is 0 Å². The molecule has 0 bridgehead atoms. The van der Waals surface area contributed by atoms with E-state index in [1.165, 1.54) is 19.2 Å². The number of nitrogens with one attached hydrogen (secondary N) is 1. The average molecular weight is 499 g/mol. The van der Waals surface area contributed by atoms with Gasteiger partial charge in [-0.25, -0.2) is 0 Å². The highest BCUT2D eigenvalue weighted by atomic mass is 35.5. The second-order valence-corrected chi connectivity index (χ2v) is 6.73. The van der Waals surface area contributed by atoms with E-state index in [0.29, 0.717) is 17.2 Å². The molecule has 3 rings (SSSR count). The van der Waals surface area contributed by atoms with E-state index in [-0.39, 0.29) is 36.6 Å². The largest absolute Gasteiger partial charge is 0.573 e. The fourth-order valence-corrected chi connectivity index (χ4v) is 3.72. The molecule has 0 radical (unpaired) electrons. The van der Waals surface area contributed by atoms with Crippen LogP contribution in [0.3, 0.4) is 0 Å². The highest BCUT2D eigenvalue weighted by Gasteiger charge is 2.32. The van der Waals surface area contributed by atoms with Crippen molar-refractivity contribution < 1.29 is 32.1 Å². The van der Waals surface area contributed by atoms with Crippen molar-refractivity contribution in [2.45, 2.75) is 12.4 Å². The molecule has 180 valence electrons. The molecular weight excluding hydrogens is 472 g/mol. The molecule has 0 aliphatic carbocycles. The Hall–Kier alpha value is -2.07. The Morgan fingerprint density at radius 1 is 0.844 bits per heavy atom. The monoisotopic (exact) mass is 498 g/mol. The number of halogens is 5. The average Bonchev–Trinajstić information content (AvgIpc) is 2.74. The van der Waals surface area contributed by atoms with E-state index in [0.717, 1.165) is 37.3 Å². The molecule has 0 unspecified atom stereocenters. The summed E-state index contributed by atoms with van der Waals surface area (Å²) < 4.78 is 58.2. The first-order valence-electron chi connectivity index (χ1n) is 9.47. The Kier molecular flexibility index (Phi) is 10.7. The van der Waals surface area contributed by atoms with E-state index in [1.807, 2.05) is 6.07 Å². The molecule has 2 aromatic carbocycles. The lowest BCUT2D eigenvalue weighted by molar-refractivity contribution is -0.274. The quantitative estimate of drug-likeness (QED) is 0.608. The third-order valence-corrected chi connectivity index (χ3v) is 4.98. The maximum Gasteiger partial charge on any atom is 0.573 e. The SMILES string of the molecule is COc1ccc([C@@H](c2ccc(OC(F)(F)F)cc2)N2CCNCC2)c(OC)c1OC.Cl.Cl. The van der Waals surface area contributed by atoms with Gasteiger partial charge in [-0.15, -0.1) is 38.0 Å². The lowest BCUT2D eigenvalue weighted by atomic mass is 9.94. The van der Waals surface area contributed by atoms with Crippen LogP contribution in [0.15, 0.2) is 36.4 Å². The lowest BCUT2D eigenvalue weighted by Crippen LogP contribution is -2.45. The van der Waals surface area contributed by atoms with Gasteiger partial charge in [0, 0.05) is 31.7 Å². The third kappa shape index (κ3) is 6.48. The van der Waals surface area contributed by atoms with Gasteiger partial charge in [-0.1, -0.05) is 12.1 Å². The second-order valence-electron chi connectivity index (χ2n) is 6.73. The van der Waals surface area contributed by atoms with Crippen molar-refractivity contribution in [1.29, 1.82) is 0 Å². The summed E-state index contributed by atoms with van der Waals surface area (Å²) in [5.74, 6) is 1.27. The van der Waals surface area contributed by atoms with Gasteiger partial charge < -0.3 is 24.3 Å². The molecule has 2 aromatic rings. The summed E-state index contributed by atoms with van der Waals surface area (Å²) in [6.45, 7) is 3.15. The minimum absolute atomic E-state index is 0. The van der Waals surface area contributed by atoms with Gasteiger partial charge in [0.15, 0.2) is 11.5 Å². The van der Waals surface area contributed by atoms with Crippen LogP contribution in [0.4, 0.5) is 13.2 Å². The molecule has 1 saturated heterocycles. The summed E-state index contributed by atoms with van der Waals surface area (Å²) in [7, 11) is 4.63. The van der Waals surface area contributed by atoms with Crippen molar-refractivity contribution in [3.05, 3.63) is 47.5 Å². The van der Waals surface area contributed by atoms with Gasteiger partial charge in [-0.3, -0.25) is 4.90 Å². The van der Waals surface area contributed by atoms with E-state index in [1.54, 1.807) is 32.4 Å². The molecule has 11 heteroatoms. The normalized spacial score (nSPS) is 15.1. The Balaban J connectivity index is 0.00000256. The number of rotatable bonds is 7. The zero-order valence-corrected chi connectivity index (χ0v) is 19.5. The molecular formula is C21H27Cl2F3N2O4. The molecule has 1 fully saturated rings. The Labute approximate surface area is 197 Å². The number of ether oxygens (including phenoxy) is 4. The summed E-state index contributed by atoms with van der Waals surface area (Å²) in [5, 5.41) is 3.31. The number of methoxy groups -OCH3 is 3. The first-order chi connectivity index (χ1) is 14.4. The molecule has 1 atom stereocenters. The van der Waals surface area contributed by atoms with Crippen LogP contribution >= 0.6 is 24.8 Å². The van der Waals surface area contributed by atoms with Crippen LogP contribution in [0.25, 0.3) is 0 Å². The molecule has 0 aromatic heterocycles. The fraction of sp³-hybridized carbons (Fsp3) is 0.429. The number of hydrogen-bond acceptors (Lipinski definition) is 6. The molecule has 1 aliphatic rings. The highest BCUT2D eigenvalue weighted by molar-refractivity contribution is 5.85. The number of benzene rings is 2. The molecule has 1 N–H and O–H groups in total. The summed E-state index contributed by atoms with van der Waals surface area (Å²) in [5.41, 5.74) is 1.65. The smallest absolute Gasteiger partial charge is 0.493 e. The second kappa shape index (κ2) is 12.2.